The molecule has 8 heteroatoms. The number of aromatic nitrogens is 1. The van der Waals surface area contributed by atoms with Gasteiger partial charge in [0.1, 0.15) is 17.3 Å². The van der Waals surface area contributed by atoms with Gasteiger partial charge in [0.25, 0.3) is 0 Å². The van der Waals surface area contributed by atoms with Gasteiger partial charge in [0.2, 0.25) is 0 Å². The van der Waals surface area contributed by atoms with Gasteiger partial charge in [-0.2, -0.15) is 0 Å². The molecule has 0 saturated carbocycles. The first-order valence-electron chi connectivity index (χ1n) is 12.2. The topological polar surface area (TPSA) is 92.2 Å². The van der Waals surface area contributed by atoms with Crippen LogP contribution in [0, 0.1) is 0 Å². The number of hydrogen-bond donors (Lipinski definition) is 1. The molecular weight excluding hydrogens is 446 g/mol. The molecule has 1 N–H and O–H groups in total. The van der Waals surface area contributed by atoms with E-state index in [9.17, 15) is 14.7 Å². The second-order valence-electron chi connectivity index (χ2n) is 8.92. The summed E-state index contributed by atoms with van der Waals surface area (Å²) in [5.74, 6) is -0.884. The van der Waals surface area contributed by atoms with E-state index in [4.69, 9.17) is 14.5 Å². The Kier molecular flexibility index (Phi) is 6.40. The van der Waals surface area contributed by atoms with E-state index < -0.39 is 18.0 Å². The summed E-state index contributed by atoms with van der Waals surface area (Å²) in [5.41, 5.74) is 2.00. The molecule has 1 saturated heterocycles. The van der Waals surface area contributed by atoms with Crippen molar-refractivity contribution in [1.82, 2.24) is 9.88 Å². The lowest BCUT2D eigenvalue weighted by molar-refractivity contribution is -0.155. The molecule has 2 aliphatic rings. The summed E-state index contributed by atoms with van der Waals surface area (Å²) in [6.07, 6.45) is 1.01. The lowest BCUT2D eigenvalue weighted by Crippen LogP contribution is -2.46. The van der Waals surface area contributed by atoms with E-state index in [0.717, 1.165) is 61.5 Å². The average Bonchev–Trinajstić information content (AvgIpc) is 3.01. The number of aliphatic hydroxyl groups is 1. The van der Waals surface area contributed by atoms with Crippen LogP contribution in [0.4, 0.5) is 5.82 Å². The smallest absolute Gasteiger partial charge is 0.417 e. The van der Waals surface area contributed by atoms with Crippen LogP contribution < -0.4 is 14.4 Å². The largest absolute Gasteiger partial charge is 0.423 e. The summed E-state index contributed by atoms with van der Waals surface area (Å²) in [5, 5.41) is 11.7. The number of nitrogens with zero attached hydrogens (tertiary/aromatic N) is 3. The Labute approximate surface area is 204 Å². The molecule has 0 bridgehead atoms. The molecule has 1 fully saturated rings. The third-order valence-electron chi connectivity index (χ3n) is 6.74. The highest BCUT2D eigenvalue weighted by Gasteiger charge is 2.32. The van der Waals surface area contributed by atoms with Crippen LogP contribution >= 0.6 is 0 Å². The van der Waals surface area contributed by atoms with Gasteiger partial charge < -0.3 is 24.4 Å². The van der Waals surface area contributed by atoms with Crippen LogP contribution in [0.3, 0.4) is 0 Å². The van der Waals surface area contributed by atoms with Crippen LogP contribution in [0.5, 0.6) is 11.5 Å². The van der Waals surface area contributed by atoms with E-state index in [1.165, 1.54) is 0 Å². The number of likely N-dealkylation sites (N-methyl/N-ethyl adjacent to an activating group) is 1. The Morgan fingerprint density at radius 2 is 1.69 bits per heavy atom. The highest BCUT2D eigenvalue weighted by atomic mass is 16.6. The zero-order valence-corrected chi connectivity index (χ0v) is 20.0. The maximum absolute atomic E-state index is 12.4. The fourth-order valence-corrected chi connectivity index (χ4v) is 4.76. The number of esters is 2. The van der Waals surface area contributed by atoms with E-state index in [-0.39, 0.29) is 11.5 Å². The summed E-state index contributed by atoms with van der Waals surface area (Å²) >= 11 is 0. The Morgan fingerprint density at radius 3 is 2.37 bits per heavy atom. The third kappa shape index (κ3) is 4.35. The Hall–Kier alpha value is -3.49. The first-order valence-corrected chi connectivity index (χ1v) is 12.2. The Bertz CT molecular complexity index is 1270. The number of pyridine rings is 1. The SMILES string of the molecule is CCCC(O)c1ccc(-c2nc(N3CCN(CC)CC3)c3cccc4c3c2OC(=O)C(=O)O4)cc1. The summed E-state index contributed by atoms with van der Waals surface area (Å²) in [6.45, 7) is 8.64. The van der Waals surface area contributed by atoms with Gasteiger partial charge in [-0.05, 0) is 24.6 Å². The van der Waals surface area contributed by atoms with E-state index >= 15 is 0 Å². The van der Waals surface area contributed by atoms with Crippen molar-refractivity contribution < 1.29 is 24.2 Å². The monoisotopic (exact) mass is 475 g/mol. The predicted octanol–water partition coefficient (Wildman–Crippen LogP) is 3.70. The second-order valence-corrected chi connectivity index (χ2v) is 8.92. The number of anilines is 1. The molecule has 1 atom stereocenters. The van der Waals surface area contributed by atoms with Crippen LogP contribution in [0.2, 0.25) is 0 Å². The molecule has 1 unspecified atom stereocenters. The minimum absolute atomic E-state index is 0.212. The number of piperazine rings is 1. The summed E-state index contributed by atoms with van der Waals surface area (Å²) in [4.78, 5) is 34.3. The van der Waals surface area contributed by atoms with E-state index in [1.807, 2.05) is 37.3 Å². The molecule has 2 aromatic carbocycles. The molecule has 0 aliphatic carbocycles. The van der Waals surface area contributed by atoms with Crippen LogP contribution in [-0.2, 0) is 9.59 Å². The molecule has 0 radical (unpaired) electrons. The maximum atomic E-state index is 12.4. The minimum atomic E-state index is -1.08. The molecule has 0 amide bonds. The number of aliphatic hydroxyl groups excluding tert-OH is 1. The zero-order chi connectivity index (χ0) is 24.5. The van der Waals surface area contributed by atoms with Crippen LogP contribution in [0.25, 0.3) is 22.0 Å². The molecule has 5 rings (SSSR count). The lowest BCUT2D eigenvalue weighted by atomic mass is 10.00. The third-order valence-corrected chi connectivity index (χ3v) is 6.74. The average molecular weight is 476 g/mol. The fraction of sp³-hybridized carbons (Fsp3) is 0.370. The normalized spacial score (nSPS) is 17.2. The Morgan fingerprint density at radius 1 is 0.971 bits per heavy atom. The number of rotatable bonds is 6. The highest BCUT2D eigenvalue weighted by Crippen LogP contribution is 2.45. The summed E-state index contributed by atoms with van der Waals surface area (Å²) in [6, 6.07) is 12.8. The van der Waals surface area contributed by atoms with Crippen molar-refractivity contribution in [2.45, 2.75) is 32.8 Å². The van der Waals surface area contributed by atoms with Crippen LogP contribution in [0.1, 0.15) is 38.4 Å². The molecular formula is C27H29N3O5. The second kappa shape index (κ2) is 9.64. The summed E-state index contributed by atoms with van der Waals surface area (Å²) < 4.78 is 11.0. The zero-order valence-electron chi connectivity index (χ0n) is 20.0. The quantitative estimate of drug-likeness (QED) is 0.328. The summed E-state index contributed by atoms with van der Waals surface area (Å²) in [7, 11) is 0. The highest BCUT2D eigenvalue weighted by molar-refractivity contribution is 6.32. The number of carbonyl (C=O) groups excluding carboxylic acids is 2. The van der Waals surface area contributed by atoms with Gasteiger partial charge in [-0.1, -0.05) is 56.7 Å². The first kappa shape index (κ1) is 23.3. The van der Waals surface area contributed by atoms with Crippen molar-refractivity contribution in [1.29, 1.82) is 0 Å². The van der Waals surface area contributed by atoms with Crippen LogP contribution in [0.15, 0.2) is 42.5 Å². The Balaban J connectivity index is 1.68. The number of hydrogen-bond acceptors (Lipinski definition) is 8. The van der Waals surface area contributed by atoms with Gasteiger partial charge in [-0.25, -0.2) is 14.6 Å². The van der Waals surface area contributed by atoms with E-state index in [1.54, 1.807) is 12.1 Å². The van der Waals surface area contributed by atoms with Gasteiger partial charge in [0.05, 0.1) is 11.5 Å². The van der Waals surface area contributed by atoms with Gasteiger partial charge in [0.15, 0.2) is 5.75 Å². The molecule has 35 heavy (non-hydrogen) atoms. The van der Waals surface area contributed by atoms with Crippen molar-refractivity contribution in [3.8, 4) is 22.8 Å². The van der Waals surface area contributed by atoms with Gasteiger partial charge in [0, 0.05) is 37.1 Å². The van der Waals surface area contributed by atoms with Crippen LogP contribution in [-0.4, -0.2) is 59.7 Å². The predicted molar refractivity (Wildman–Crippen MR) is 133 cm³/mol. The van der Waals surface area contributed by atoms with Crippen molar-refractivity contribution in [2.24, 2.45) is 0 Å². The first-order chi connectivity index (χ1) is 17.0. The minimum Gasteiger partial charge on any atom is -0.417 e. The molecule has 2 aliphatic heterocycles. The number of benzene rings is 2. The van der Waals surface area contributed by atoms with Crippen molar-refractivity contribution in [3.63, 3.8) is 0 Å². The van der Waals surface area contributed by atoms with Crippen molar-refractivity contribution >= 4 is 28.5 Å². The van der Waals surface area contributed by atoms with Gasteiger partial charge in [-0.3, -0.25) is 0 Å². The lowest BCUT2D eigenvalue weighted by Gasteiger charge is -2.35. The number of ether oxygens (including phenoxy) is 2. The molecule has 3 aromatic rings. The molecule has 1 aromatic heterocycles. The molecule has 182 valence electrons. The molecule has 3 heterocycles. The van der Waals surface area contributed by atoms with Crippen molar-refractivity contribution in [2.75, 3.05) is 37.6 Å². The van der Waals surface area contributed by atoms with Gasteiger partial charge in [-0.15, -0.1) is 0 Å². The van der Waals surface area contributed by atoms with E-state index in [2.05, 4.69) is 16.7 Å². The molecule has 8 nitrogen and oxygen atoms in total. The van der Waals surface area contributed by atoms with Gasteiger partial charge >= 0.3 is 11.9 Å². The fourth-order valence-electron chi connectivity index (χ4n) is 4.76. The standard InChI is InChI=1S/C27H29N3O5/c1-3-6-20(31)17-9-11-18(12-10-17)23-24-22-19(7-5-8-21(22)34-26(32)27(33)35-24)25(28-23)30-15-13-29(4-2)14-16-30/h5,7-12,20,31H,3-4,6,13-16H2,1-2H3. The maximum Gasteiger partial charge on any atom is 0.423 e. The van der Waals surface area contributed by atoms with Crippen molar-refractivity contribution in [3.05, 3.63) is 48.0 Å². The molecule has 0 spiro atoms. The number of carbonyl (C=O) groups is 2. The van der Waals surface area contributed by atoms with E-state index in [0.29, 0.717) is 17.5 Å².